The van der Waals surface area contributed by atoms with Gasteiger partial charge in [-0.1, -0.05) is 18.2 Å². The number of carbonyl (C=O) groups excluding carboxylic acids is 2. The molecule has 0 bridgehead atoms. The molecular weight excluding hydrogens is 463 g/mol. The molecule has 0 unspecified atom stereocenters. The second kappa shape index (κ2) is 9.77. The van der Waals surface area contributed by atoms with E-state index in [1.54, 1.807) is 5.38 Å². The zero-order valence-corrected chi connectivity index (χ0v) is 17.8. The standard InChI is InChI=1S/C21H16F3N3O5S/c1-12(25-18(28)14-3-2-4-17(9-14)27(30)31)20(29)32-10-16-11-33-19(26-16)13-5-7-15(8-6-13)21(22,23)24/h2-9,11-12H,10H2,1H3,(H,25,28)/t12-/m0/s1. The predicted octanol–water partition coefficient (Wildman–Crippen LogP) is 4.60. The molecule has 0 radical (unpaired) electrons. The number of aromatic nitrogens is 1. The second-order valence-electron chi connectivity index (χ2n) is 6.83. The Morgan fingerprint density at radius 2 is 1.91 bits per heavy atom. The molecule has 3 rings (SSSR count). The van der Waals surface area contributed by atoms with Crippen LogP contribution in [-0.4, -0.2) is 27.8 Å². The van der Waals surface area contributed by atoms with Crippen LogP contribution >= 0.6 is 11.3 Å². The normalized spacial score (nSPS) is 12.1. The number of nitrogens with zero attached hydrogens (tertiary/aromatic N) is 2. The van der Waals surface area contributed by atoms with E-state index in [0.717, 1.165) is 18.2 Å². The molecule has 1 N–H and O–H groups in total. The van der Waals surface area contributed by atoms with Crippen molar-refractivity contribution < 1.29 is 32.4 Å². The number of rotatable bonds is 7. The van der Waals surface area contributed by atoms with Gasteiger partial charge in [-0.15, -0.1) is 11.3 Å². The molecule has 0 saturated carbocycles. The van der Waals surface area contributed by atoms with Crippen LogP contribution in [0.25, 0.3) is 10.6 Å². The summed E-state index contributed by atoms with van der Waals surface area (Å²) in [4.78, 5) is 38.9. The number of halogens is 3. The largest absolute Gasteiger partial charge is 0.458 e. The van der Waals surface area contributed by atoms with Gasteiger partial charge in [0, 0.05) is 28.6 Å². The summed E-state index contributed by atoms with van der Waals surface area (Å²) in [5, 5.41) is 15.3. The summed E-state index contributed by atoms with van der Waals surface area (Å²) in [5.41, 5.74) is -0.128. The minimum Gasteiger partial charge on any atom is -0.458 e. The molecule has 1 atom stereocenters. The lowest BCUT2D eigenvalue weighted by Gasteiger charge is -2.13. The SMILES string of the molecule is C[C@H](NC(=O)c1cccc([N+](=O)[O-])c1)C(=O)OCc1csc(-c2ccc(C(F)(F)F)cc2)n1. The van der Waals surface area contributed by atoms with Crippen LogP contribution in [0.15, 0.2) is 53.9 Å². The van der Waals surface area contributed by atoms with Crippen molar-refractivity contribution in [3.63, 3.8) is 0 Å². The van der Waals surface area contributed by atoms with E-state index in [9.17, 15) is 32.9 Å². The third kappa shape index (κ3) is 6.13. The van der Waals surface area contributed by atoms with Crippen LogP contribution in [0.4, 0.5) is 18.9 Å². The lowest BCUT2D eigenvalue weighted by Crippen LogP contribution is -2.39. The summed E-state index contributed by atoms with van der Waals surface area (Å²) in [6.07, 6.45) is -4.43. The van der Waals surface area contributed by atoms with Gasteiger partial charge in [-0.05, 0) is 25.1 Å². The Balaban J connectivity index is 1.55. The van der Waals surface area contributed by atoms with E-state index in [-0.39, 0.29) is 17.9 Å². The molecule has 0 aliphatic rings. The predicted molar refractivity (Wildman–Crippen MR) is 112 cm³/mol. The molecule has 0 spiro atoms. The second-order valence-corrected chi connectivity index (χ2v) is 7.69. The van der Waals surface area contributed by atoms with Crippen LogP contribution in [0.2, 0.25) is 0 Å². The van der Waals surface area contributed by atoms with E-state index in [0.29, 0.717) is 16.3 Å². The highest BCUT2D eigenvalue weighted by Gasteiger charge is 2.30. The fraction of sp³-hybridized carbons (Fsp3) is 0.190. The molecule has 33 heavy (non-hydrogen) atoms. The van der Waals surface area contributed by atoms with Gasteiger partial charge in [0.15, 0.2) is 0 Å². The molecule has 172 valence electrons. The van der Waals surface area contributed by atoms with Gasteiger partial charge in [-0.2, -0.15) is 13.2 Å². The number of nitro benzene ring substituents is 1. The molecule has 0 saturated heterocycles. The zero-order valence-electron chi connectivity index (χ0n) is 17.0. The van der Waals surface area contributed by atoms with Crippen LogP contribution in [-0.2, 0) is 22.3 Å². The number of ether oxygens (including phenoxy) is 1. The lowest BCUT2D eigenvalue weighted by molar-refractivity contribution is -0.384. The molecular formula is C21H16F3N3O5S. The Morgan fingerprint density at radius 1 is 1.21 bits per heavy atom. The van der Waals surface area contributed by atoms with Crippen molar-refractivity contribution in [1.82, 2.24) is 10.3 Å². The number of nitro groups is 1. The summed E-state index contributed by atoms with van der Waals surface area (Å²) in [7, 11) is 0. The van der Waals surface area contributed by atoms with Crippen molar-refractivity contribution >= 4 is 28.9 Å². The minimum absolute atomic E-state index is 0.0181. The summed E-state index contributed by atoms with van der Waals surface area (Å²) in [5.74, 6) is -1.43. The summed E-state index contributed by atoms with van der Waals surface area (Å²) in [6.45, 7) is 1.19. The van der Waals surface area contributed by atoms with Gasteiger partial charge in [0.1, 0.15) is 17.7 Å². The maximum absolute atomic E-state index is 12.7. The number of thiazole rings is 1. The van der Waals surface area contributed by atoms with Gasteiger partial charge in [-0.25, -0.2) is 9.78 Å². The van der Waals surface area contributed by atoms with E-state index >= 15 is 0 Å². The Morgan fingerprint density at radius 3 is 2.55 bits per heavy atom. The van der Waals surface area contributed by atoms with Crippen LogP contribution in [0.3, 0.4) is 0 Å². The van der Waals surface area contributed by atoms with E-state index in [1.807, 2.05) is 0 Å². The summed E-state index contributed by atoms with van der Waals surface area (Å²) >= 11 is 1.18. The molecule has 3 aromatic rings. The first-order chi connectivity index (χ1) is 15.5. The number of amides is 1. The van der Waals surface area contributed by atoms with Crippen molar-refractivity contribution in [3.05, 3.63) is 80.8 Å². The monoisotopic (exact) mass is 479 g/mol. The third-order valence-corrected chi connectivity index (χ3v) is 5.33. The number of non-ortho nitro benzene ring substituents is 1. The van der Waals surface area contributed by atoms with Crippen molar-refractivity contribution in [2.45, 2.75) is 25.7 Å². The van der Waals surface area contributed by atoms with Gasteiger partial charge in [0.25, 0.3) is 11.6 Å². The Kier molecular flexibility index (Phi) is 7.07. The number of nitrogens with one attached hydrogen (secondary N) is 1. The number of esters is 1. The molecule has 1 aromatic heterocycles. The molecule has 1 heterocycles. The van der Waals surface area contributed by atoms with Crippen LogP contribution in [0.5, 0.6) is 0 Å². The first-order valence-corrected chi connectivity index (χ1v) is 10.3. The maximum atomic E-state index is 12.7. The quantitative estimate of drug-likeness (QED) is 0.301. The Labute approximate surface area is 189 Å². The van der Waals surface area contributed by atoms with E-state index in [1.165, 1.54) is 48.6 Å². The van der Waals surface area contributed by atoms with Gasteiger partial charge >= 0.3 is 12.1 Å². The molecule has 12 heteroatoms. The van der Waals surface area contributed by atoms with Crippen LogP contribution in [0, 0.1) is 10.1 Å². The summed E-state index contributed by atoms with van der Waals surface area (Å²) in [6, 6.07) is 8.55. The van der Waals surface area contributed by atoms with Crippen molar-refractivity contribution in [2.75, 3.05) is 0 Å². The zero-order chi connectivity index (χ0) is 24.2. The van der Waals surface area contributed by atoms with Crippen molar-refractivity contribution in [3.8, 4) is 10.6 Å². The molecule has 8 nitrogen and oxygen atoms in total. The van der Waals surface area contributed by atoms with Gasteiger partial charge in [-0.3, -0.25) is 14.9 Å². The number of hydrogen-bond donors (Lipinski definition) is 1. The summed E-state index contributed by atoms with van der Waals surface area (Å²) < 4.78 is 43.2. The molecule has 2 aromatic carbocycles. The third-order valence-electron chi connectivity index (χ3n) is 4.39. The highest BCUT2D eigenvalue weighted by Crippen LogP contribution is 2.31. The highest BCUT2D eigenvalue weighted by molar-refractivity contribution is 7.13. The lowest BCUT2D eigenvalue weighted by atomic mass is 10.1. The first kappa shape index (κ1) is 23.9. The highest BCUT2D eigenvalue weighted by atomic mass is 32.1. The first-order valence-electron chi connectivity index (χ1n) is 9.38. The Hall–Kier alpha value is -3.80. The fourth-order valence-electron chi connectivity index (χ4n) is 2.68. The Bertz CT molecular complexity index is 1180. The topological polar surface area (TPSA) is 111 Å². The average molecular weight is 479 g/mol. The van der Waals surface area contributed by atoms with E-state index in [4.69, 9.17) is 4.74 Å². The molecule has 0 aliphatic heterocycles. The number of carbonyl (C=O) groups is 2. The smallest absolute Gasteiger partial charge is 0.416 e. The average Bonchev–Trinajstić information content (AvgIpc) is 3.26. The fourth-order valence-corrected chi connectivity index (χ4v) is 3.49. The molecule has 1 amide bonds. The van der Waals surface area contributed by atoms with E-state index in [2.05, 4.69) is 10.3 Å². The van der Waals surface area contributed by atoms with Crippen LogP contribution in [0.1, 0.15) is 28.5 Å². The van der Waals surface area contributed by atoms with Crippen molar-refractivity contribution in [1.29, 1.82) is 0 Å². The van der Waals surface area contributed by atoms with Crippen molar-refractivity contribution in [2.24, 2.45) is 0 Å². The number of hydrogen-bond acceptors (Lipinski definition) is 7. The molecule has 0 fully saturated rings. The number of benzene rings is 2. The van der Waals surface area contributed by atoms with Gasteiger partial charge < -0.3 is 10.1 Å². The van der Waals surface area contributed by atoms with Gasteiger partial charge in [0.2, 0.25) is 0 Å². The maximum Gasteiger partial charge on any atom is 0.416 e. The van der Waals surface area contributed by atoms with E-state index < -0.39 is 34.6 Å². The number of alkyl halides is 3. The minimum atomic E-state index is -4.43. The van der Waals surface area contributed by atoms with Crippen LogP contribution < -0.4 is 5.32 Å². The molecule has 0 aliphatic carbocycles. The van der Waals surface area contributed by atoms with Gasteiger partial charge in [0.05, 0.1) is 16.2 Å².